The van der Waals surface area contributed by atoms with Crippen LogP contribution in [0, 0.1) is 11.8 Å². The Bertz CT molecular complexity index is 705. The van der Waals surface area contributed by atoms with E-state index in [1.165, 1.54) is 0 Å². The molecule has 1 aromatic heterocycles. The van der Waals surface area contributed by atoms with Gasteiger partial charge in [0.1, 0.15) is 5.76 Å². The summed E-state index contributed by atoms with van der Waals surface area (Å²) >= 11 is 0. The number of carboxylic acids is 1. The number of amides is 1. The second kappa shape index (κ2) is 9.09. The number of aromatic nitrogens is 1. The molecule has 2 heterocycles. The molecule has 1 saturated carbocycles. The predicted molar refractivity (Wildman–Crippen MR) is 103 cm³/mol. The molecule has 2 fully saturated rings. The van der Waals surface area contributed by atoms with Gasteiger partial charge < -0.3 is 20.3 Å². The summed E-state index contributed by atoms with van der Waals surface area (Å²) in [6.45, 7) is 6.92. The molecule has 0 aromatic carbocycles. The fraction of sp³-hybridized carbons (Fsp3) is 0.750. The van der Waals surface area contributed by atoms with Crippen molar-refractivity contribution in [3.63, 3.8) is 0 Å². The molecule has 0 bridgehead atoms. The average molecular weight is 415 g/mol. The number of nitrogens with zero attached hydrogens (tertiary/aromatic N) is 2. The quantitative estimate of drug-likeness (QED) is 0.762. The van der Waals surface area contributed by atoms with Crippen LogP contribution in [0.5, 0.6) is 0 Å². The Labute approximate surface area is 169 Å². The summed E-state index contributed by atoms with van der Waals surface area (Å²) in [4.78, 5) is 24.7. The molecule has 3 N–H and O–H groups in total. The van der Waals surface area contributed by atoms with E-state index in [1.807, 2.05) is 20.8 Å². The van der Waals surface area contributed by atoms with Crippen LogP contribution in [0.3, 0.4) is 0 Å². The summed E-state index contributed by atoms with van der Waals surface area (Å²) in [5.41, 5.74) is 5.38. The Morgan fingerprint density at radius 3 is 2.31 bits per heavy atom. The normalized spacial score (nSPS) is 22.5. The number of aliphatic carboxylic acids is 1. The fourth-order valence-electron chi connectivity index (χ4n) is 3.57. The van der Waals surface area contributed by atoms with Gasteiger partial charge in [0, 0.05) is 43.3 Å². The van der Waals surface area contributed by atoms with Gasteiger partial charge in [0.2, 0.25) is 11.8 Å². The number of carbonyl (C=O) groups is 2. The van der Waals surface area contributed by atoms with Gasteiger partial charge in [0.05, 0.1) is 5.92 Å². The van der Waals surface area contributed by atoms with Crippen molar-refractivity contribution in [1.29, 1.82) is 0 Å². The maximum absolute atomic E-state index is 13.0. The van der Waals surface area contributed by atoms with Crippen LogP contribution in [0.15, 0.2) is 10.6 Å². The number of likely N-dealkylation sites (tertiary alicyclic amines) is 1. The molecule has 1 saturated heterocycles. The van der Waals surface area contributed by atoms with E-state index in [-0.39, 0.29) is 49.5 Å². The highest BCUT2D eigenvalue weighted by Gasteiger charge is 2.39. The number of hydrogen-bond acceptors (Lipinski definition) is 5. The molecule has 2 aliphatic rings. The first-order valence-corrected chi connectivity index (χ1v) is 10.0. The smallest absolute Gasteiger partial charge is 0.308 e. The Morgan fingerprint density at radius 2 is 1.86 bits per heavy atom. The number of carbonyl (C=O) groups excluding carboxylic acids is 1. The zero-order valence-corrected chi connectivity index (χ0v) is 17.3. The lowest BCUT2D eigenvalue weighted by Gasteiger charge is -2.35. The Hall–Kier alpha value is -2.19. The number of rotatable bonds is 2. The van der Waals surface area contributed by atoms with Crippen LogP contribution in [0.4, 0.5) is 14.6 Å². The van der Waals surface area contributed by atoms with E-state index in [2.05, 4.69) is 5.16 Å². The van der Waals surface area contributed by atoms with E-state index in [9.17, 15) is 18.4 Å². The summed E-state index contributed by atoms with van der Waals surface area (Å²) in [6.07, 6.45) is 1.20. The summed E-state index contributed by atoms with van der Waals surface area (Å²) in [6, 6.07) is 1.75. The van der Waals surface area contributed by atoms with Gasteiger partial charge in [-0.15, -0.1) is 0 Å². The number of carboxylic acid groups (broad SMARTS) is 1. The molecule has 164 valence electrons. The molecular weight excluding hydrogens is 384 g/mol. The van der Waals surface area contributed by atoms with Crippen molar-refractivity contribution in [1.82, 2.24) is 10.1 Å². The third kappa shape index (κ3) is 6.68. The van der Waals surface area contributed by atoms with Gasteiger partial charge >= 0.3 is 5.97 Å². The Morgan fingerprint density at radius 1 is 1.24 bits per heavy atom. The number of hydrogen-bond donors (Lipinski definition) is 2. The largest absolute Gasteiger partial charge is 0.481 e. The Balaban J connectivity index is 0.000000253. The zero-order chi connectivity index (χ0) is 21.8. The first kappa shape index (κ1) is 23.1. The lowest BCUT2D eigenvalue weighted by molar-refractivity contribution is -0.148. The second-order valence-electron chi connectivity index (χ2n) is 8.96. The van der Waals surface area contributed by atoms with Gasteiger partial charge in [0.25, 0.3) is 0 Å². The van der Waals surface area contributed by atoms with Crippen molar-refractivity contribution in [2.45, 2.75) is 70.6 Å². The van der Waals surface area contributed by atoms with E-state index in [4.69, 9.17) is 15.4 Å². The van der Waals surface area contributed by atoms with E-state index >= 15 is 0 Å². The maximum Gasteiger partial charge on any atom is 0.308 e. The molecule has 0 unspecified atom stereocenters. The molecule has 1 aliphatic heterocycles. The van der Waals surface area contributed by atoms with Gasteiger partial charge in [-0.3, -0.25) is 9.59 Å². The summed E-state index contributed by atoms with van der Waals surface area (Å²) < 4.78 is 31.1. The number of nitrogens with two attached hydrogens (primary N) is 1. The SMILES string of the molecule is CC(C)(C)c1cc(N)no1.O=C(O)[C@H]1CCCN(C(=O)C2CCC(F)(F)CC2)C1. The minimum Gasteiger partial charge on any atom is -0.481 e. The minimum atomic E-state index is -2.64. The molecule has 1 amide bonds. The van der Waals surface area contributed by atoms with E-state index in [0.29, 0.717) is 25.2 Å². The molecule has 1 aliphatic carbocycles. The van der Waals surface area contributed by atoms with E-state index in [1.54, 1.807) is 11.0 Å². The van der Waals surface area contributed by atoms with Gasteiger partial charge in [0.15, 0.2) is 5.82 Å². The predicted octanol–water partition coefficient (Wildman–Crippen LogP) is 3.69. The highest BCUT2D eigenvalue weighted by Crippen LogP contribution is 2.37. The van der Waals surface area contributed by atoms with Gasteiger partial charge in [-0.2, -0.15) is 0 Å². The van der Waals surface area contributed by atoms with Crippen LogP contribution < -0.4 is 5.73 Å². The third-order valence-corrected chi connectivity index (χ3v) is 5.42. The average Bonchev–Trinajstić information content (AvgIpc) is 3.09. The fourth-order valence-corrected chi connectivity index (χ4v) is 3.57. The standard InChI is InChI=1S/C13H19F2NO3.C7H12N2O/c14-13(15)5-3-9(4-6-13)11(17)16-7-1-2-10(8-16)12(18)19;1-7(2,3)5-4-6(8)9-10-5/h9-10H,1-8H2,(H,18,19);4H,1-3H3,(H2,8,9)/t10-;/m0./s1. The van der Waals surface area contributed by atoms with Gasteiger partial charge in [-0.25, -0.2) is 8.78 Å². The van der Waals surface area contributed by atoms with Crippen LogP contribution >= 0.6 is 0 Å². The van der Waals surface area contributed by atoms with Crippen LogP contribution in [0.25, 0.3) is 0 Å². The van der Waals surface area contributed by atoms with Crippen molar-refractivity contribution in [3.8, 4) is 0 Å². The lowest BCUT2D eigenvalue weighted by Crippen LogP contribution is -2.46. The van der Waals surface area contributed by atoms with E-state index < -0.39 is 17.8 Å². The Kier molecular flexibility index (Phi) is 7.24. The lowest BCUT2D eigenvalue weighted by atomic mass is 9.85. The molecule has 29 heavy (non-hydrogen) atoms. The number of alkyl halides is 2. The number of halogens is 2. The van der Waals surface area contributed by atoms with E-state index in [0.717, 1.165) is 5.76 Å². The monoisotopic (exact) mass is 415 g/mol. The molecular formula is C20H31F2N3O4. The first-order chi connectivity index (χ1) is 13.4. The van der Waals surface area contributed by atoms with Crippen LogP contribution in [0.1, 0.15) is 65.1 Å². The van der Waals surface area contributed by atoms with Crippen molar-refractivity contribution < 1.29 is 28.0 Å². The highest BCUT2D eigenvalue weighted by atomic mass is 19.3. The summed E-state index contributed by atoms with van der Waals surface area (Å²) in [5.74, 6) is -3.25. The highest BCUT2D eigenvalue weighted by molar-refractivity contribution is 5.80. The number of nitrogen functional groups attached to an aromatic ring is 1. The molecule has 3 rings (SSSR count). The maximum atomic E-state index is 13.0. The van der Waals surface area contributed by atoms with Crippen molar-refractivity contribution in [3.05, 3.63) is 11.8 Å². The molecule has 9 heteroatoms. The van der Waals surface area contributed by atoms with Crippen LogP contribution in [-0.4, -0.2) is 46.1 Å². The van der Waals surface area contributed by atoms with Gasteiger partial charge in [-0.1, -0.05) is 25.9 Å². The topological polar surface area (TPSA) is 110 Å². The molecule has 1 aromatic rings. The second-order valence-corrected chi connectivity index (χ2v) is 8.96. The van der Waals surface area contributed by atoms with Gasteiger partial charge in [-0.05, 0) is 25.7 Å². The minimum absolute atomic E-state index is 0.00458. The molecule has 7 nitrogen and oxygen atoms in total. The number of piperidine rings is 1. The first-order valence-electron chi connectivity index (χ1n) is 10.0. The third-order valence-electron chi connectivity index (χ3n) is 5.42. The van der Waals surface area contributed by atoms with Crippen molar-refractivity contribution in [2.75, 3.05) is 18.8 Å². The molecule has 1 atom stereocenters. The summed E-state index contributed by atoms with van der Waals surface area (Å²) in [5, 5.41) is 12.6. The summed E-state index contributed by atoms with van der Waals surface area (Å²) in [7, 11) is 0. The molecule has 0 spiro atoms. The zero-order valence-electron chi connectivity index (χ0n) is 17.3. The van der Waals surface area contributed by atoms with Crippen LogP contribution in [0.2, 0.25) is 0 Å². The number of anilines is 1. The van der Waals surface area contributed by atoms with Crippen LogP contribution in [-0.2, 0) is 15.0 Å². The molecule has 0 radical (unpaired) electrons. The van der Waals surface area contributed by atoms with Crippen molar-refractivity contribution >= 4 is 17.7 Å². The van der Waals surface area contributed by atoms with Crippen molar-refractivity contribution in [2.24, 2.45) is 11.8 Å².